The van der Waals surface area contributed by atoms with Gasteiger partial charge in [-0.1, -0.05) is 23.7 Å². The Morgan fingerprint density at radius 1 is 1.08 bits per heavy atom. The standard InChI is InChI=1S/C19H18ClN3OS/c20-15-3-1-14(2-4-15)13-18(24)23-10-8-22(9-11-23)17-5-7-21-16-6-12-25-19(16)17/h1-7,12H,8-11,13H2. The molecule has 0 atom stereocenters. The molecule has 0 radical (unpaired) electrons. The highest BCUT2D eigenvalue weighted by atomic mass is 35.5. The maximum atomic E-state index is 12.5. The van der Waals surface area contributed by atoms with Gasteiger partial charge >= 0.3 is 0 Å². The van der Waals surface area contributed by atoms with Crippen LogP contribution in [0.4, 0.5) is 5.69 Å². The van der Waals surface area contributed by atoms with E-state index in [9.17, 15) is 4.79 Å². The van der Waals surface area contributed by atoms with Crippen LogP contribution in [0.1, 0.15) is 5.56 Å². The quantitative estimate of drug-likeness (QED) is 0.701. The smallest absolute Gasteiger partial charge is 0.227 e. The molecule has 1 amide bonds. The van der Waals surface area contributed by atoms with Crippen LogP contribution in [0.5, 0.6) is 0 Å². The first-order valence-corrected chi connectivity index (χ1v) is 9.56. The second-order valence-corrected chi connectivity index (χ2v) is 7.49. The molecule has 25 heavy (non-hydrogen) atoms. The highest BCUT2D eigenvalue weighted by Crippen LogP contribution is 2.30. The van der Waals surface area contributed by atoms with Crippen LogP contribution in [0, 0.1) is 0 Å². The molecule has 4 rings (SSSR count). The van der Waals surface area contributed by atoms with E-state index in [0.717, 1.165) is 37.3 Å². The lowest BCUT2D eigenvalue weighted by Crippen LogP contribution is -2.49. The van der Waals surface area contributed by atoms with Crippen LogP contribution in [-0.2, 0) is 11.2 Å². The van der Waals surface area contributed by atoms with Crippen LogP contribution >= 0.6 is 22.9 Å². The Morgan fingerprint density at radius 2 is 1.84 bits per heavy atom. The minimum atomic E-state index is 0.179. The number of halogens is 1. The number of piperazine rings is 1. The Morgan fingerprint density at radius 3 is 2.60 bits per heavy atom. The predicted octanol–water partition coefficient (Wildman–Crippen LogP) is 3.84. The van der Waals surface area contributed by atoms with E-state index in [1.165, 1.54) is 10.4 Å². The Balaban J connectivity index is 1.40. The molecule has 1 saturated heterocycles. The topological polar surface area (TPSA) is 36.4 Å². The molecule has 0 N–H and O–H groups in total. The van der Waals surface area contributed by atoms with Gasteiger partial charge in [-0.3, -0.25) is 9.78 Å². The van der Waals surface area contributed by atoms with Crippen molar-refractivity contribution in [1.29, 1.82) is 0 Å². The summed E-state index contributed by atoms with van der Waals surface area (Å²) >= 11 is 7.62. The molecule has 0 aliphatic carbocycles. The summed E-state index contributed by atoms with van der Waals surface area (Å²) in [5.41, 5.74) is 3.28. The predicted molar refractivity (Wildman–Crippen MR) is 104 cm³/mol. The van der Waals surface area contributed by atoms with Gasteiger partial charge in [-0.2, -0.15) is 0 Å². The second kappa shape index (κ2) is 7.02. The number of nitrogens with zero attached hydrogens (tertiary/aromatic N) is 3. The van der Waals surface area contributed by atoms with Gasteiger partial charge in [0.2, 0.25) is 5.91 Å². The summed E-state index contributed by atoms with van der Waals surface area (Å²) in [5, 5.41) is 2.77. The summed E-state index contributed by atoms with van der Waals surface area (Å²) in [6, 6.07) is 11.6. The van der Waals surface area contributed by atoms with Gasteiger partial charge in [-0.25, -0.2) is 0 Å². The third kappa shape index (κ3) is 3.48. The summed E-state index contributed by atoms with van der Waals surface area (Å²) in [5.74, 6) is 0.179. The second-order valence-electron chi connectivity index (χ2n) is 6.14. The van der Waals surface area contributed by atoms with Crippen LogP contribution in [0.25, 0.3) is 10.2 Å². The van der Waals surface area contributed by atoms with Gasteiger partial charge in [0, 0.05) is 37.4 Å². The Kier molecular flexibility index (Phi) is 4.59. The fourth-order valence-corrected chi connectivity index (χ4v) is 4.21. The van der Waals surface area contributed by atoms with Crippen molar-refractivity contribution in [3.63, 3.8) is 0 Å². The third-order valence-electron chi connectivity index (χ3n) is 4.56. The van der Waals surface area contributed by atoms with E-state index in [1.54, 1.807) is 11.3 Å². The largest absolute Gasteiger partial charge is 0.367 e. The number of benzene rings is 1. The van der Waals surface area contributed by atoms with E-state index in [4.69, 9.17) is 11.6 Å². The molecule has 1 aliphatic rings. The van der Waals surface area contributed by atoms with Gasteiger partial charge < -0.3 is 9.80 Å². The van der Waals surface area contributed by atoms with E-state index in [-0.39, 0.29) is 5.91 Å². The average Bonchev–Trinajstić information content (AvgIpc) is 3.12. The van der Waals surface area contributed by atoms with Crippen molar-refractivity contribution in [2.75, 3.05) is 31.1 Å². The molecule has 3 heterocycles. The monoisotopic (exact) mass is 371 g/mol. The number of aromatic nitrogens is 1. The maximum Gasteiger partial charge on any atom is 0.227 e. The maximum absolute atomic E-state index is 12.5. The van der Waals surface area contributed by atoms with Gasteiger partial charge in [-0.15, -0.1) is 11.3 Å². The summed E-state index contributed by atoms with van der Waals surface area (Å²) < 4.78 is 1.23. The number of rotatable bonds is 3. The molecule has 3 aromatic rings. The molecule has 6 heteroatoms. The first-order valence-electron chi connectivity index (χ1n) is 8.30. The molecule has 1 aromatic carbocycles. The Hall–Kier alpha value is -2.11. The molecular weight excluding hydrogens is 354 g/mol. The lowest BCUT2D eigenvalue weighted by atomic mass is 10.1. The molecule has 1 aliphatic heterocycles. The normalized spacial score (nSPS) is 14.9. The van der Waals surface area contributed by atoms with Crippen molar-refractivity contribution in [2.45, 2.75) is 6.42 Å². The van der Waals surface area contributed by atoms with Crippen LogP contribution in [0.3, 0.4) is 0 Å². The zero-order valence-corrected chi connectivity index (χ0v) is 15.3. The highest BCUT2D eigenvalue weighted by Gasteiger charge is 2.22. The fraction of sp³-hybridized carbons (Fsp3) is 0.263. The average molecular weight is 372 g/mol. The van der Waals surface area contributed by atoms with Gasteiger partial charge in [0.05, 0.1) is 22.3 Å². The summed E-state index contributed by atoms with van der Waals surface area (Å²) in [4.78, 5) is 21.2. The Labute approximate surface area is 155 Å². The molecule has 0 bridgehead atoms. The van der Waals surface area contributed by atoms with E-state index in [1.807, 2.05) is 35.4 Å². The molecule has 4 nitrogen and oxygen atoms in total. The van der Waals surface area contributed by atoms with Crippen LogP contribution in [-0.4, -0.2) is 42.0 Å². The number of hydrogen-bond acceptors (Lipinski definition) is 4. The first kappa shape index (κ1) is 16.4. The SMILES string of the molecule is O=C(Cc1ccc(Cl)cc1)N1CCN(c2ccnc3ccsc23)CC1. The number of hydrogen-bond donors (Lipinski definition) is 0. The van der Waals surface area contributed by atoms with Crippen LogP contribution in [0.2, 0.25) is 5.02 Å². The molecular formula is C19H18ClN3OS. The lowest BCUT2D eigenvalue weighted by Gasteiger charge is -2.36. The fourth-order valence-electron chi connectivity index (χ4n) is 3.19. The molecule has 2 aromatic heterocycles. The number of amides is 1. The number of pyridine rings is 1. The van der Waals surface area contributed by atoms with E-state index >= 15 is 0 Å². The zero-order valence-electron chi connectivity index (χ0n) is 13.7. The van der Waals surface area contributed by atoms with Crippen molar-refractivity contribution < 1.29 is 4.79 Å². The first-order chi connectivity index (χ1) is 12.2. The number of carbonyl (C=O) groups excluding carboxylic acids is 1. The van der Waals surface area contributed by atoms with Crippen molar-refractivity contribution in [3.8, 4) is 0 Å². The van der Waals surface area contributed by atoms with Crippen LogP contribution < -0.4 is 4.90 Å². The van der Waals surface area contributed by atoms with Gasteiger partial charge in [0.1, 0.15) is 0 Å². The Bertz CT molecular complexity index is 885. The van der Waals surface area contributed by atoms with Crippen molar-refractivity contribution in [2.24, 2.45) is 0 Å². The number of carbonyl (C=O) groups is 1. The zero-order chi connectivity index (χ0) is 17.2. The minimum Gasteiger partial charge on any atom is -0.367 e. The van der Waals surface area contributed by atoms with Gasteiger partial charge in [-0.05, 0) is 35.2 Å². The van der Waals surface area contributed by atoms with Crippen molar-refractivity contribution >= 4 is 44.7 Å². The summed E-state index contributed by atoms with van der Waals surface area (Å²) in [6.45, 7) is 3.20. The molecule has 0 unspecified atom stereocenters. The van der Waals surface area contributed by atoms with Gasteiger partial charge in [0.25, 0.3) is 0 Å². The number of thiophene rings is 1. The van der Waals surface area contributed by atoms with E-state index in [2.05, 4.69) is 27.4 Å². The van der Waals surface area contributed by atoms with E-state index < -0.39 is 0 Å². The summed E-state index contributed by atoms with van der Waals surface area (Å²) in [7, 11) is 0. The molecule has 0 saturated carbocycles. The lowest BCUT2D eigenvalue weighted by molar-refractivity contribution is -0.130. The molecule has 0 spiro atoms. The minimum absolute atomic E-state index is 0.179. The van der Waals surface area contributed by atoms with Crippen LogP contribution in [0.15, 0.2) is 48.0 Å². The number of anilines is 1. The van der Waals surface area contributed by atoms with Crippen molar-refractivity contribution in [3.05, 3.63) is 58.6 Å². The van der Waals surface area contributed by atoms with Crippen molar-refractivity contribution in [1.82, 2.24) is 9.88 Å². The number of fused-ring (bicyclic) bond motifs is 1. The molecule has 1 fully saturated rings. The van der Waals surface area contributed by atoms with Gasteiger partial charge in [0.15, 0.2) is 0 Å². The summed E-state index contributed by atoms with van der Waals surface area (Å²) in [6.07, 6.45) is 2.30. The highest BCUT2D eigenvalue weighted by molar-refractivity contribution is 7.17. The van der Waals surface area contributed by atoms with E-state index in [0.29, 0.717) is 11.4 Å². The third-order valence-corrected chi connectivity index (χ3v) is 5.74. The molecule has 128 valence electrons.